The number of halogens is 1. The van der Waals surface area contributed by atoms with E-state index in [4.69, 9.17) is 0 Å². The Morgan fingerprint density at radius 3 is 2.49 bits per heavy atom. The third kappa shape index (κ3) is 5.73. The van der Waals surface area contributed by atoms with Crippen molar-refractivity contribution >= 4 is 33.8 Å². The number of rotatable bonds is 7. The van der Waals surface area contributed by atoms with E-state index < -0.39 is 24.0 Å². The summed E-state index contributed by atoms with van der Waals surface area (Å²) in [6, 6.07) is 14.8. The first-order valence-corrected chi connectivity index (χ1v) is 15.0. The number of aliphatic hydroxyl groups is 1. The lowest BCUT2D eigenvalue weighted by Crippen LogP contribution is -2.48. The fraction of sp³-hybridized carbons (Fsp3) is 0.229. The van der Waals surface area contributed by atoms with Crippen LogP contribution in [0.4, 0.5) is 15.9 Å². The minimum Gasteiger partial charge on any atom is -0.392 e. The number of anilines is 2. The minimum absolute atomic E-state index is 0.0211. The predicted octanol–water partition coefficient (Wildman–Crippen LogP) is 4.00. The number of aliphatic hydroxyl groups excluding tert-OH is 1. The van der Waals surface area contributed by atoms with E-state index in [9.17, 15) is 19.5 Å². The van der Waals surface area contributed by atoms with Gasteiger partial charge in [0.15, 0.2) is 5.82 Å². The molecule has 1 amide bonds. The molecule has 1 aliphatic heterocycles. The van der Waals surface area contributed by atoms with Gasteiger partial charge in [-0.15, -0.1) is 0 Å². The molecule has 5 aromatic rings. The number of allylic oxidation sites excluding steroid dienone is 1. The lowest BCUT2D eigenvalue weighted by atomic mass is 10.0. The molecule has 12 heteroatoms. The number of amides is 1. The van der Waals surface area contributed by atoms with Gasteiger partial charge in [-0.2, -0.15) is 9.78 Å². The topological polar surface area (TPSA) is 126 Å². The van der Waals surface area contributed by atoms with Crippen molar-refractivity contribution in [3.63, 3.8) is 0 Å². The second-order valence-electron chi connectivity index (χ2n) is 11.8. The van der Waals surface area contributed by atoms with Gasteiger partial charge in [-0.1, -0.05) is 36.4 Å². The molecule has 1 fully saturated rings. The zero-order chi connectivity index (χ0) is 33.6. The van der Waals surface area contributed by atoms with Crippen LogP contribution in [0.15, 0.2) is 83.2 Å². The summed E-state index contributed by atoms with van der Waals surface area (Å²) in [4.78, 5) is 47.8. The molecule has 240 valence electrons. The number of aryl methyl sites for hydroxylation is 1. The van der Waals surface area contributed by atoms with Gasteiger partial charge in [-0.05, 0) is 55.4 Å². The zero-order valence-electron chi connectivity index (χ0n) is 26.5. The fourth-order valence-electron chi connectivity index (χ4n) is 5.88. The molecule has 0 bridgehead atoms. The van der Waals surface area contributed by atoms with Crippen LogP contribution in [0.3, 0.4) is 0 Å². The highest BCUT2D eigenvalue weighted by Crippen LogP contribution is 2.30. The first-order chi connectivity index (χ1) is 22.5. The van der Waals surface area contributed by atoms with E-state index in [2.05, 4.69) is 22.0 Å². The molecule has 47 heavy (non-hydrogen) atoms. The number of fused-ring (bicyclic) bond motifs is 1. The number of benzene rings is 3. The number of nitrogens with one attached hydrogen (secondary N) is 1. The maximum Gasteiger partial charge on any atom is 0.293 e. The summed E-state index contributed by atoms with van der Waals surface area (Å²) in [5.41, 5.74) is 2.92. The summed E-state index contributed by atoms with van der Waals surface area (Å²) in [7, 11) is 5.30. The van der Waals surface area contributed by atoms with Crippen molar-refractivity contribution in [2.75, 3.05) is 32.5 Å². The number of piperazine rings is 1. The maximum atomic E-state index is 15.2. The van der Waals surface area contributed by atoms with Crippen LogP contribution < -0.4 is 16.4 Å². The normalized spacial score (nSPS) is 15.3. The average Bonchev–Trinajstić information content (AvgIpc) is 3.05. The van der Waals surface area contributed by atoms with Crippen LogP contribution in [0.1, 0.15) is 29.7 Å². The standard InChI is InChI=1S/C35H34FN7O4/c1-20(2)22-15-23-17-37-43(33(45)30(23)27(36)16-22)29-8-6-7-25(26(29)19-44)28-18-42(5)35(47)32(39-28)38-24-11-9-21(10-12-24)31-34(46)41(4)14-13-40(31)3/h6-12,15-18,31,44H,1,13-14,19H2,2-5H3,(H,38,39). The number of nitrogens with zero attached hydrogens (tertiary/aromatic N) is 6. The Hall–Kier alpha value is -5.46. The first kappa shape index (κ1) is 31.5. The summed E-state index contributed by atoms with van der Waals surface area (Å²) in [6.45, 7) is 6.53. The SMILES string of the molecule is C=C(C)c1cc(F)c2c(=O)n(-c3cccc(-c4cn(C)c(=O)c(Nc5ccc(C6C(=O)N(C)CCN6C)cc5)n4)c3CO)ncc2c1. The molecule has 1 atom stereocenters. The Kier molecular flexibility index (Phi) is 8.31. The third-order valence-corrected chi connectivity index (χ3v) is 8.54. The Balaban J connectivity index is 1.37. The highest BCUT2D eigenvalue weighted by Gasteiger charge is 2.32. The van der Waals surface area contributed by atoms with Gasteiger partial charge in [0.25, 0.3) is 11.1 Å². The number of aromatic nitrogens is 4. The van der Waals surface area contributed by atoms with Crippen LogP contribution >= 0.6 is 0 Å². The van der Waals surface area contributed by atoms with Crippen LogP contribution in [0.5, 0.6) is 0 Å². The number of carbonyl (C=O) groups is 1. The summed E-state index contributed by atoms with van der Waals surface area (Å²) in [5, 5.41) is 18.1. The molecule has 2 aromatic heterocycles. The van der Waals surface area contributed by atoms with Gasteiger partial charge in [0.1, 0.15) is 11.9 Å². The van der Waals surface area contributed by atoms with Crippen molar-refractivity contribution in [3.8, 4) is 16.9 Å². The van der Waals surface area contributed by atoms with Gasteiger partial charge >= 0.3 is 0 Å². The molecule has 1 aliphatic rings. The van der Waals surface area contributed by atoms with Crippen molar-refractivity contribution in [2.24, 2.45) is 7.05 Å². The van der Waals surface area contributed by atoms with Crippen LogP contribution in [0.25, 0.3) is 33.3 Å². The van der Waals surface area contributed by atoms with E-state index >= 15 is 4.39 Å². The molecule has 0 aliphatic carbocycles. The Bertz CT molecular complexity index is 2170. The molecule has 0 spiro atoms. The third-order valence-electron chi connectivity index (χ3n) is 8.54. The summed E-state index contributed by atoms with van der Waals surface area (Å²) in [6.07, 6.45) is 2.93. The van der Waals surface area contributed by atoms with Gasteiger partial charge in [0, 0.05) is 55.6 Å². The molecule has 3 aromatic carbocycles. The molecular weight excluding hydrogens is 601 g/mol. The monoisotopic (exact) mass is 635 g/mol. The van der Waals surface area contributed by atoms with Gasteiger partial charge in [0.05, 0.1) is 29.6 Å². The van der Waals surface area contributed by atoms with E-state index in [1.807, 2.05) is 24.1 Å². The van der Waals surface area contributed by atoms with Crippen molar-refractivity contribution in [3.05, 3.63) is 117 Å². The molecule has 0 saturated carbocycles. The molecule has 11 nitrogen and oxygen atoms in total. The molecule has 1 unspecified atom stereocenters. The lowest BCUT2D eigenvalue weighted by molar-refractivity contribution is -0.139. The summed E-state index contributed by atoms with van der Waals surface area (Å²) in [5.74, 6) is -0.640. The highest BCUT2D eigenvalue weighted by molar-refractivity contribution is 5.86. The second kappa shape index (κ2) is 12.4. The van der Waals surface area contributed by atoms with Crippen molar-refractivity contribution in [1.29, 1.82) is 0 Å². The van der Waals surface area contributed by atoms with E-state index in [0.29, 0.717) is 45.6 Å². The van der Waals surface area contributed by atoms with Crippen LogP contribution in [0.2, 0.25) is 0 Å². The largest absolute Gasteiger partial charge is 0.392 e. The molecular formula is C35H34FN7O4. The molecule has 6 rings (SSSR count). The van der Waals surface area contributed by atoms with Crippen LogP contribution in [-0.2, 0) is 18.4 Å². The first-order valence-electron chi connectivity index (χ1n) is 15.0. The van der Waals surface area contributed by atoms with E-state index in [0.717, 1.165) is 16.8 Å². The Morgan fingerprint density at radius 1 is 1.04 bits per heavy atom. The second-order valence-corrected chi connectivity index (χ2v) is 11.8. The predicted molar refractivity (Wildman–Crippen MR) is 179 cm³/mol. The number of hydrogen-bond donors (Lipinski definition) is 2. The zero-order valence-corrected chi connectivity index (χ0v) is 26.5. The van der Waals surface area contributed by atoms with Crippen LogP contribution in [0, 0.1) is 5.82 Å². The van der Waals surface area contributed by atoms with Gasteiger partial charge in [-0.3, -0.25) is 19.3 Å². The maximum absolute atomic E-state index is 15.2. The number of carbonyl (C=O) groups excluding carboxylic acids is 1. The average molecular weight is 636 g/mol. The number of likely N-dealkylation sites (N-methyl/N-ethyl adjacent to an activating group) is 2. The van der Waals surface area contributed by atoms with Crippen LogP contribution in [-0.4, -0.2) is 67.3 Å². The van der Waals surface area contributed by atoms with E-state index in [1.54, 1.807) is 62.3 Å². The fourth-order valence-corrected chi connectivity index (χ4v) is 5.88. The van der Waals surface area contributed by atoms with Crippen molar-refractivity contribution in [1.82, 2.24) is 29.1 Å². The van der Waals surface area contributed by atoms with Gasteiger partial charge < -0.3 is 19.9 Å². The molecule has 3 heterocycles. The smallest absolute Gasteiger partial charge is 0.293 e. The van der Waals surface area contributed by atoms with Gasteiger partial charge in [-0.25, -0.2) is 9.37 Å². The summed E-state index contributed by atoms with van der Waals surface area (Å²) >= 11 is 0. The van der Waals surface area contributed by atoms with Crippen molar-refractivity contribution < 1.29 is 14.3 Å². The molecule has 1 saturated heterocycles. The van der Waals surface area contributed by atoms with E-state index in [1.165, 1.54) is 23.0 Å². The van der Waals surface area contributed by atoms with Gasteiger partial charge in [0.2, 0.25) is 5.91 Å². The quantitative estimate of drug-likeness (QED) is 0.275. The van der Waals surface area contributed by atoms with E-state index in [-0.39, 0.29) is 28.4 Å². The highest BCUT2D eigenvalue weighted by atomic mass is 19.1. The Morgan fingerprint density at radius 2 is 1.79 bits per heavy atom. The lowest BCUT2D eigenvalue weighted by Gasteiger charge is -2.37. The summed E-state index contributed by atoms with van der Waals surface area (Å²) < 4.78 is 17.6. The minimum atomic E-state index is -0.698. The Labute approximate surface area is 269 Å². The van der Waals surface area contributed by atoms with Crippen molar-refractivity contribution in [2.45, 2.75) is 19.6 Å². The molecule has 0 radical (unpaired) electrons. The molecule has 2 N–H and O–H groups in total. The number of hydrogen-bond acceptors (Lipinski definition) is 8.